The number of carbonyl (C=O) groups is 1. The standard InChI is InChI=1S/C20H28N4O2S.HI/c1-2-22-19(23-13-15-8-9-16(26-15)18(21)25)24-14-20(10-4-3-5-11-20)17-7-6-12-27-17;/h6-9,12H,2-5,10-11,13-14H2,1H3,(H2,21,25)(H2,22,23,24);1H. The smallest absolute Gasteiger partial charge is 0.284 e. The van der Waals surface area contributed by atoms with E-state index in [1.54, 1.807) is 12.1 Å². The minimum Gasteiger partial charge on any atom is -0.454 e. The van der Waals surface area contributed by atoms with Crippen molar-refractivity contribution in [2.75, 3.05) is 13.1 Å². The van der Waals surface area contributed by atoms with E-state index >= 15 is 0 Å². The van der Waals surface area contributed by atoms with Gasteiger partial charge in [0.1, 0.15) is 12.3 Å². The van der Waals surface area contributed by atoms with Crippen LogP contribution in [0.3, 0.4) is 0 Å². The third-order valence-electron chi connectivity index (χ3n) is 5.09. The molecular formula is C20H29IN4O2S. The number of nitrogens with zero attached hydrogens (tertiary/aromatic N) is 1. The van der Waals surface area contributed by atoms with Gasteiger partial charge in [-0.25, -0.2) is 4.99 Å². The zero-order chi connectivity index (χ0) is 19.1. The van der Waals surface area contributed by atoms with Crippen molar-refractivity contribution < 1.29 is 9.21 Å². The molecule has 0 saturated heterocycles. The first-order chi connectivity index (χ1) is 13.1. The van der Waals surface area contributed by atoms with E-state index in [1.807, 2.05) is 18.3 Å². The minimum absolute atomic E-state index is 0. The second kappa shape index (κ2) is 10.8. The first-order valence-electron chi connectivity index (χ1n) is 9.58. The molecule has 2 aromatic heterocycles. The highest BCUT2D eigenvalue weighted by molar-refractivity contribution is 14.0. The van der Waals surface area contributed by atoms with E-state index < -0.39 is 5.91 Å². The summed E-state index contributed by atoms with van der Waals surface area (Å²) in [5, 5.41) is 8.99. The molecule has 0 aliphatic heterocycles. The van der Waals surface area contributed by atoms with E-state index in [4.69, 9.17) is 10.2 Å². The summed E-state index contributed by atoms with van der Waals surface area (Å²) in [4.78, 5) is 17.2. The summed E-state index contributed by atoms with van der Waals surface area (Å²) >= 11 is 1.85. The van der Waals surface area contributed by atoms with Crippen LogP contribution >= 0.6 is 35.3 Å². The molecule has 2 aromatic rings. The quantitative estimate of drug-likeness (QED) is 0.295. The number of carbonyl (C=O) groups excluding carboxylic acids is 1. The van der Waals surface area contributed by atoms with Crippen LogP contribution in [-0.2, 0) is 12.0 Å². The molecule has 6 nitrogen and oxygen atoms in total. The first kappa shape index (κ1) is 22.7. The summed E-state index contributed by atoms with van der Waals surface area (Å²) in [5.74, 6) is 0.977. The van der Waals surface area contributed by atoms with Crippen molar-refractivity contribution in [3.05, 3.63) is 46.0 Å². The van der Waals surface area contributed by atoms with Gasteiger partial charge in [0, 0.05) is 23.4 Å². The van der Waals surface area contributed by atoms with Gasteiger partial charge in [0.25, 0.3) is 5.91 Å². The molecule has 3 rings (SSSR count). The summed E-state index contributed by atoms with van der Waals surface area (Å²) < 4.78 is 5.41. The van der Waals surface area contributed by atoms with E-state index in [-0.39, 0.29) is 35.2 Å². The summed E-state index contributed by atoms with van der Waals surface area (Å²) in [5.41, 5.74) is 5.42. The maximum Gasteiger partial charge on any atom is 0.284 e. The lowest BCUT2D eigenvalue weighted by Gasteiger charge is -2.37. The molecule has 0 radical (unpaired) electrons. The highest BCUT2D eigenvalue weighted by Gasteiger charge is 2.34. The predicted molar refractivity (Wildman–Crippen MR) is 125 cm³/mol. The van der Waals surface area contributed by atoms with E-state index in [0.717, 1.165) is 19.0 Å². The van der Waals surface area contributed by atoms with Crippen molar-refractivity contribution in [2.45, 2.75) is 51.0 Å². The van der Waals surface area contributed by atoms with Gasteiger partial charge in [-0.2, -0.15) is 0 Å². The van der Waals surface area contributed by atoms with Gasteiger partial charge in [-0.3, -0.25) is 4.79 Å². The molecule has 8 heteroatoms. The fourth-order valence-electron chi connectivity index (χ4n) is 3.67. The molecule has 1 aliphatic carbocycles. The third-order valence-corrected chi connectivity index (χ3v) is 6.21. The molecule has 1 amide bonds. The third kappa shape index (κ3) is 5.73. The highest BCUT2D eigenvalue weighted by atomic mass is 127. The van der Waals surface area contributed by atoms with Crippen molar-refractivity contribution in [3.8, 4) is 0 Å². The van der Waals surface area contributed by atoms with Crippen molar-refractivity contribution in [3.63, 3.8) is 0 Å². The fraction of sp³-hybridized carbons (Fsp3) is 0.500. The number of hydrogen-bond donors (Lipinski definition) is 3. The van der Waals surface area contributed by atoms with Gasteiger partial charge in [0.2, 0.25) is 0 Å². The number of halogens is 1. The molecule has 0 unspecified atom stereocenters. The van der Waals surface area contributed by atoms with Gasteiger partial charge in [0.05, 0.1) is 0 Å². The maximum atomic E-state index is 11.1. The minimum atomic E-state index is -0.564. The number of nitrogens with two attached hydrogens (primary N) is 1. The van der Waals surface area contributed by atoms with Crippen molar-refractivity contribution >= 4 is 47.2 Å². The van der Waals surface area contributed by atoms with Crippen LogP contribution in [-0.4, -0.2) is 25.0 Å². The Morgan fingerprint density at radius 3 is 2.64 bits per heavy atom. The molecule has 0 spiro atoms. The molecular weight excluding hydrogens is 487 g/mol. The fourth-order valence-corrected chi connectivity index (χ4v) is 4.65. The molecule has 1 aliphatic rings. The number of primary amides is 1. The van der Waals surface area contributed by atoms with Crippen LogP contribution in [0.4, 0.5) is 0 Å². The maximum absolute atomic E-state index is 11.1. The molecule has 1 fully saturated rings. The predicted octanol–water partition coefficient (Wildman–Crippen LogP) is 4.02. The zero-order valence-corrected chi connectivity index (χ0v) is 19.3. The molecule has 0 atom stereocenters. The number of guanidine groups is 1. The van der Waals surface area contributed by atoms with Crippen LogP contribution in [0, 0.1) is 0 Å². The van der Waals surface area contributed by atoms with Crippen LogP contribution in [0.5, 0.6) is 0 Å². The number of hydrogen-bond acceptors (Lipinski definition) is 4. The normalized spacial score (nSPS) is 16.2. The van der Waals surface area contributed by atoms with Gasteiger partial charge in [-0.15, -0.1) is 35.3 Å². The molecule has 154 valence electrons. The molecule has 1 saturated carbocycles. The highest BCUT2D eigenvalue weighted by Crippen LogP contribution is 2.41. The van der Waals surface area contributed by atoms with Gasteiger partial charge >= 0.3 is 0 Å². The number of furan rings is 1. The first-order valence-corrected chi connectivity index (χ1v) is 10.5. The van der Waals surface area contributed by atoms with Gasteiger partial charge in [-0.1, -0.05) is 25.3 Å². The average molecular weight is 516 g/mol. The lowest BCUT2D eigenvalue weighted by Crippen LogP contribution is -2.46. The van der Waals surface area contributed by atoms with Crippen LogP contribution in [0.1, 0.15) is 60.2 Å². The SMILES string of the molecule is CCNC(=NCc1ccc(C(N)=O)o1)NCC1(c2cccs2)CCCCC1.I. The molecule has 2 heterocycles. The molecule has 28 heavy (non-hydrogen) atoms. The Morgan fingerprint density at radius 2 is 2.04 bits per heavy atom. The van der Waals surface area contributed by atoms with Crippen molar-refractivity contribution in [2.24, 2.45) is 10.7 Å². The Labute approximate surface area is 187 Å². The van der Waals surface area contributed by atoms with Gasteiger partial charge < -0.3 is 20.8 Å². The van der Waals surface area contributed by atoms with E-state index in [0.29, 0.717) is 12.3 Å². The molecule has 0 aromatic carbocycles. The zero-order valence-electron chi connectivity index (χ0n) is 16.2. The Balaban J connectivity index is 0.00000280. The molecule has 0 bridgehead atoms. The Morgan fingerprint density at radius 1 is 1.25 bits per heavy atom. The monoisotopic (exact) mass is 516 g/mol. The summed E-state index contributed by atoms with van der Waals surface area (Å²) in [6.45, 7) is 4.05. The number of aliphatic imine (C=N–C) groups is 1. The van der Waals surface area contributed by atoms with E-state index in [9.17, 15) is 4.79 Å². The lowest BCUT2D eigenvalue weighted by molar-refractivity contribution is 0.0972. The van der Waals surface area contributed by atoms with Crippen molar-refractivity contribution in [1.82, 2.24) is 10.6 Å². The number of thiophene rings is 1. The van der Waals surface area contributed by atoms with Crippen LogP contribution in [0.15, 0.2) is 39.1 Å². The second-order valence-electron chi connectivity index (χ2n) is 7.00. The van der Waals surface area contributed by atoms with Crippen LogP contribution in [0.25, 0.3) is 0 Å². The van der Waals surface area contributed by atoms with E-state index in [1.165, 1.54) is 37.0 Å². The van der Waals surface area contributed by atoms with Gasteiger partial charge in [0.15, 0.2) is 11.7 Å². The Bertz CT molecular complexity index is 767. The second-order valence-corrected chi connectivity index (χ2v) is 7.94. The summed E-state index contributed by atoms with van der Waals surface area (Å²) in [6, 6.07) is 7.72. The van der Waals surface area contributed by atoms with Crippen LogP contribution < -0.4 is 16.4 Å². The number of amides is 1. The number of rotatable bonds is 7. The average Bonchev–Trinajstić information content (AvgIpc) is 3.37. The Kier molecular flexibility index (Phi) is 8.81. The summed E-state index contributed by atoms with van der Waals surface area (Å²) in [7, 11) is 0. The molecule has 4 N–H and O–H groups in total. The van der Waals surface area contributed by atoms with Gasteiger partial charge in [-0.05, 0) is 43.3 Å². The largest absolute Gasteiger partial charge is 0.454 e. The Hall–Kier alpha value is -1.55. The summed E-state index contributed by atoms with van der Waals surface area (Å²) in [6.07, 6.45) is 6.28. The van der Waals surface area contributed by atoms with Crippen LogP contribution in [0.2, 0.25) is 0 Å². The van der Waals surface area contributed by atoms with E-state index in [2.05, 4.69) is 33.1 Å². The van der Waals surface area contributed by atoms with Crippen molar-refractivity contribution in [1.29, 1.82) is 0 Å². The lowest BCUT2D eigenvalue weighted by atomic mass is 9.73. The topological polar surface area (TPSA) is 92.6 Å². The number of nitrogens with one attached hydrogen (secondary N) is 2.